The van der Waals surface area contributed by atoms with Gasteiger partial charge in [-0.05, 0) is 43.4 Å². The second-order valence-corrected chi connectivity index (χ2v) is 28.5. The first-order chi connectivity index (χ1) is 41.2. The van der Waals surface area contributed by atoms with Gasteiger partial charge in [0.1, 0.15) is 19.3 Å². The molecule has 0 aliphatic heterocycles. The summed E-state index contributed by atoms with van der Waals surface area (Å²) in [5, 5.41) is 10.6. The lowest BCUT2D eigenvalue weighted by atomic mass is 10.0. The zero-order valence-electron chi connectivity index (χ0n) is 55.8. The molecule has 0 aromatic carbocycles. The Bertz CT molecular complexity index is 1700. The van der Waals surface area contributed by atoms with Crippen LogP contribution in [0.4, 0.5) is 0 Å². The average molecular weight is 1270 g/mol. The first-order valence-corrected chi connectivity index (χ1v) is 37.8. The van der Waals surface area contributed by atoms with E-state index in [-0.39, 0.29) is 25.7 Å². The minimum absolute atomic E-state index is 0.104. The minimum atomic E-state index is -4.95. The van der Waals surface area contributed by atoms with E-state index in [1.165, 1.54) is 141 Å². The number of phosphoric acid groups is 2. The summed E-state index contributed by atoms with van der Waals surface area (Å²) in [6, 6.07) is 0. The molecule has 3 N–H and O–H groups in total. The van der Waals surface area contributed by atoms with Gasteiger partial charge in [-0.15, -0.1) is 0 Å². The highest BCUT2D eigenvalue weighted by atomic mass is 31.2. The smallest absolute Gasteiger partial charge is 0.462 e. The molecule has 0 saturated heterocycles. The fourth-order valence-corrected chi connectivity index (χ4v) is 11.6. The Hall–Kier alpha value is -1.94. The van der Waals surface area contributed by atoms with Gasteiger partial charge in [-0.1, -0.05) is 280 Å². The van der Waals surface area contributed by atoms with E-state index in [1.807, 2.05) is 0 Å². The van der Waals surface area contributed by atoms with Crippen molar-refractivity contribution in [1.82, 2.24) is 0 Å². The number of rotatable bonds is 65. The fourth-order valence-electron chi connectivity index (χ4n) is 10.0. The molecule has 0 amide bonds. The van der Waals surface area contributed by atoms with Gasteiger partial charge in [0, 0.05) is 25.7 Å². The third kappa shape index (κ3) is 60.9. The molecule has 0 radical (unpaired) electrons. The van der Waals surface area contributed by atoms with Gasteiger partial charge in [0.25, 0.3) is 0 Å². The molecule has 19 heteroatoms. The molecule has 0 heterocycles. The molecule has 0 aromatic rings. The Morgan fingerprint density at radius 3 is 0.791 bits per heavy atom. The SMILES string of the molecule is CCCCCCCCCCCCCCC(=O)OC[C@H](COP(=O)(O)OC[C@@H](O)COP(=O)(O)OC[C@@H](COC(=O)CCCCCCCCCCC(C)C)OC(=O)CCCCCCCCCCC(C)C)OC(=O)CCCCCCCCCCCC(C)C. The van der Waals surface area contributed by atoms with Crippen molar-refractivity contribution in [2.45, 2.75) is 349 Å². The lowest BCUT2D eigenvalue weighted by Gasteiger charge is -2.21. The first kappa shape index (κ1) is 84.1. The normalized spacial score (nSPS) is 14.3. The van der Waals surface area contributed by atoms with Gasteiger partial charge in [0.2, 0.25) is 0 Å². The van der Waals surface area contributed by atoms with Crippen LogP contribution in [0.1, 0.15) is 331 Å². The van der Waals surface area contributed by atoms with Crippen LogP contribution in [0.2, 0.25) is 0 Å². The molecule has 510 valence electrons. The standard InChI is InChI=1S/C67H130O17P2/c1-8-9-10-11-12-13-14-15-18-27-34-41-48-64(69)77-54-62(83-66(71)50-43-36-29-19-16-17-24-31-38-45-58(2)3)56-81-85(73,74)79-52-61(68)53-80-86(75,76)82-57-63(84-67(72)51-44-37-30-23-21-26-33-40-47-60(6)7)55-78-65(70)49-42-35-28-22-20-25-32-39-46-59(4)5/h58-63,68H,8-57H2,1-7H3,(H,73,74)(H,75,76)/t61-,62-,63-/m1/s1. The van der Waals surface area contributed by atoms with E-state index in [0.717, 1.165) is 108 Å². The van der Waals surface area contributed by atoms with Crippen molar-refractivity contribution in [2.24, 2.45) is 17.8 Å². The predicted molar refractivity (Wildman–Crippen MR) is 344 cm³/mol. The molecule has 17 nitrogen and oxygen atoms in total. The van der Waals surface area contributed by atoms with Crippen LogP contribution in [0.15, 0.2) is 0 Å². The molecule has 0 spiro atoms. The summed E-state index contributed by atoms with van der Waals surface area (Å²) in [5.74, 6) is 0.0487. The third-order valence-electron chi connectivity index (χ3n) is 15.4. The number of esters is 4. The maximum absolute atomic E-state index is 13.0. The molecule has 5 atom stereocenters. The maximum Gasteiger partial charge on any atom is 0.472 e. The van der Waals surface area contributed by atoms with Crippen molar-refractivity contribution in [3.63, 3.8) is 0 Å². The molecule has 86 heavy (non-hydrogen) atoms. The lowest BCUT2D eigenvalue weighted by molar-refractivity contribution is -0.161. The Labute approximate surface area is 524 Å². The van der Waals surface area contributed by atoms with E-state index in [9.17, 15) is 43.2 Å². The molecule has 0 rings (SSSR count). The van der Waals surface area contributed by atoms with Crippen molar-refractivity contribution in [3.05, 3.63) is 0 Å². The zero-order valence-corrected chi connectivity index (χ0v) is 57.6. The highest BCUT2D eigenvalue weighted by molar-refractivity contribution is 7.47. The second-order valence-electron chi connectivity index (χ2n) is 25.6. The number of carbonyl (C=O) groups excluding carboxylic acids is 4. The third-order valence-corrected chi connectivity index (χ3v) is 17.3. The Morgan fingerprint density at radius 2 is 0.535 bits per heavy atom. The van der Waals surface area contributed by atoms with E-state index < -0.39 is 97.5 Å². The number of aliphatic hydroxyl groups is 1. The molecule has 0 aliphatic rings. The van der Waals surface area contributed by atoms with Gasteiger partial charge in [0.15, 0.2) is 12.2 Å². The topological polar surface area (TPSA) is 237 Å². The summed E-state index contributed by atoms with van der Waals surface area (Å²) >= 11 is 0. The monoisotopic (exact) mass is 1270 g/mol. The minimum Gasteiger partial charge on any atom is -0.462 e. The summed E-state index contributed by atoms with van der Waals surface area (Å²) in [6.45, 7) is 11.7. The van der Waals surface area contributed by atoms with E-state index >= 15 is 0 Å². The van der Waals surface area contributed by atoms with Crippen LogP contribution in [0.25, 0.3) is 0 Å². The number of hydrogen-bond donors (Lipinski definition) is 3. The van der Waals surface area contributed by atoms with E-state index in [1.54, 1.807) is 0 Å². The van der Waals surface area contributed by atoms with Crippen molar-refractivity contribution in [1.29, 1.82) is 0 Å². The van der Waals surface area contributed by atoms with Crippen LogP contribution in [-0.2, 0) is 65.4 Å². The molecule has 0 saturated carbocycles. The van der Waals surface area contributed by atoms with Crippen molar-refractivity contribution < 1.29 is 80.2 Å². The number of carbonyl (C=O) groups is 4. The zero-order chi connectivity index (χ0) is 63.8. The van der Waals surface area contributed by atoms with Crippen molar-refractivity contribution in [3.8, 4) is 0 Å². The van der Waals surface area contributed by atoms with Crippen LogP contribution in [0.5, 0.6) is 0 Å². The number of aliphatic hydroxyl groups excluding tert-OH is 1. The second kappa shape index (κ2) is 58.2. The highest BCUT2D eigenvalue weighted by Crippen LogP contribution is 2.45. The summed E-state index contributed by atoms with van der Waals surface area (Å²) in [6.07, 6.45) is 40.3. The van der Waals surface area contributed by atoms with Crippen LogP contribution < -0.4 is 0 Å². The molecule has 2 unspecified atom stereocenters. The first-order valence-electron chi connectivity index (χ1n) is 34.8. The van der Waals surface area contributed by atoms with Gasteiger partial charge in [0.05, 0.1) is 26.4 Å². The summed E-state index contributed by atoms with van der Waals surface area (Å²) in [7, 11) is -9.89. The van der Waals surface area contributed by atoms with Crippen LogP contribution >= 0.6 is 15.6 Å². The van der Waals surface area contributed by atoms with Gasteiger partial charge in [-0.3, -0.25) is 37.3 Å². The number of ether oxygens (including phenoxy) is 4. The summed E-state index contributed by atoms with van der Waals surface area (Å²) in [4.78, 5) is 72.4. The van der Waals surface area contributed by atoms with Gasteiger partial charge < -0.3 is 33.8 Å². The van der Waals surface area contributed by atoms with Crippen molar-refractivity contribution in [2.75, 3.05) is 39.6 Å². The molecular weight excluding hydrogens is 1140 g/mol. The van der Waals surface area contributed by atoms with Gasteiger partial charge >= 0.3 is 39.5 Å². The van der Waals surface area contributed by atoms with Gasteiger partial charge in [-0.2, -0.15) is 0 Å². The Balaban J connectivity index is 5.26. The van der Waals surface area contributed by atoms with Crippen molar-refractivity contribution >= 4 is 39.5 Å². The van der Waals surface area contributed by atoms with E-state index in [0.29, 0.717) is 25.7 Å². The quantitative estimate of drug-likeness (QED) is 0.0222. The number of unbranched alkanes of at least 4 members (excludes halogenated alkanes) is 33. The average Bonchev–Trinajstić information content (AvgIpc) is 3.68. The predicted octanol–water partition coefficient (Wildman–Crippen LogP) is 18.7. The van der Waals surface area contributed by atoms with Crippen LogP contribution in [0.3, 0.4) is 0 Å². The number of hydrogen-bond acceptors (Lipinski definition) is 15. The molecule has 0 aliphatic carbocycles. The van der Waals surface area contributed by atoms with Crippen LogP contribution in [0, 0.1) is 17.8 Å². The van der Waals surface area contributed by atoms with E-state index in [4.69, 9.17) is 37.0 Å². The molecule has 0 aromatic heterocycles. The lowest BCUT2D eigenvalue weighted by Crippen LogP contribution is -2.30. The largest absolute Gasteiger partial charge is 0.472 e. The Kier molecular flexibility index (Phi) is 56.9. The van der Waals surface area contributed by atoms with E-state index in [2.05, 4.69) is 48.5 Å². The van der Waals surface area contributed by atoms with Crippen LogP contribution in [-0.4, -0.2) is 96.7 Å². The fraction of sp³-hybridized carbons (Fsp3) is 0.940. The summed E-state index contributed by atoms with van der Waals surface area (Å²) < 4.78 is 68.1. The number of phosphoric ester groups is 2. The summed E-state index contributed by atoms with van der Waals surface area (Å²) in [5.41, 5.74) is 0. The molecular formula is C67H130O17P2. The molecule has 0 bridgehead atoms. The highest BCUT2D eigenvalue weighted by Gasteiger charge is 2.30. The maximum atomic E-state index is 13.0. The molecule has 0 fully saturated rings. The van der Waals surface area contributed by atoms with Gasteiger partial charge in [-0.25, -0.2) is 9.13 Å². The Morgan fingerprint density at radius 1 is 0.314 bits per heavy atom.